The predicted molar refractivity (Wildman–Crippen MR) is 55.3 cm³/mol. The van der Waals surface area contributed by atoms with Gasteiger partial charge in [-0.15, -0.1) is 0 Å². The zero-order valence-corrected chi connectivity index (χ0v) is 9.19. The molecule has 15 heavy (non-hydrogen) atoms. The van der Waals surface area contributed by atoms with Crippen LogP contribution in [0.5, 0.6) is 0 Å². The van der Waals surface area contributed by atoms with Crippen LogP contribution in [0.25, 0.3) is 0 Å². The molecule has 0 spiro atoms. The first-order chi connectivity index (χ1) is 6.88. The first-order valence-corrected chi connectivity index (χ1v) is 5.20. The standard InChI is InChI=1S/C10H18N2O3/c1-3-10(2,11)9(15)12(6-8(13)14)7-4-5-7/h7H,3-6,11H2,1-2H3,(H,13,14). The van der Waals surface area contributed by atoms with Gasteiger partial charge in [0.2, 0.25) is 5.91 Å². The average Bonchev–Trinajstić information content (AvgIpc) is 2.96. The minimum atomic E-state index is -0.984. The van der Waals surface area contributed by atoms with Gasteiger partial charge in [0.05, 0.1) is 5.54 Å². The third kappa shape index (κ3) is 2.92. The Bertz CT molecular complexity index is 272. The highest BCUT2D eigenvalue weighted by Crippen LogP contribution is 2.28. The van der Waals surface area contributed by atoms with Gasteiger partial charge in [-0.3, -0.25) is 9.59 Å². The summed E-state index contributed by atoms with van der Waals surface area (Å²) in [6, 6.07) is 0.0861. The minimum Gasteiger partial charge on any atom is -0.480 e. The van der Waals surface area contributed by atoms with E-state index in [0.29, 0.717) is 6.42 Å². The molecule has 0 saturated heterocycles. The first kappa shape index (κ1) is 12.0. The molecule has 1 rings (SSSR count). The summed E-state index contributed by atoms with van der Waals surface area (Å²) in [7, 11) is 0. The van der Waals surface area contributed by atoms with Gasteiger partial charge < -0.3 is 15.7 Å². The second-order valence-electron chi connectivity index (χ2n) is 4.33. The van der Waals surface area contributed by atoms with E-state index in [1.54, 1.807) is 6.92 Å². The van der Waals surface area contributed by atoms with E-state index in [1.165, 1.54) is 4.90 Å². The molecule has 0 aromatic carbocycles. The molecule has 0 aliphatic heterocycles. The number of carbonyl (C=O) groups excluding carboxylic acids is 1. The lowest BCUT2D eigenvalue weighted by molar-refractivity contribution is -0.147. The fraction of sp³-hybridized carbons (Fsp3) is 0.800. The maximum absolute atomic E-state index is 12.0. The molecule has 1 fully saturated rings. The molecular formula is C10H18N2O3. The van der Waals surface area contributed by atoms with Crippen molar-refractivity contribution in [3.8, 4) is 0 Å². The normalized spacial score (nSPS) is 19.4. The van der Waals surface area contributed by atoms with Crippen molar-refractivity contribution in [1.29, 1.82) is 0 Å². The van der Waals surface area contributed by atoms with Crippen LogP contribution < -0.4 is 5.73 Å². The largest absolute Gasteiger partial charge is 0.480 e. The van der Waals surface area contributed by atoms with Crippen LogP contribution in [0, 0.1) is 0 Å². The van der Waals surface area contributed by atoms with E-state index < -0.39 is 11.5 Å². The van der Waals surface area contributed by atoms with E-state index in [2.05, 4.69) is 0 Å². The number of nitrogens with two attached hydrogens (primary N) is 1. The van der Waals surface area contributed by atoms with E-state index in [1.807, 2.05) is 6.92 Å². The van der Waals surface area contributed by atoms with Crippen LogP contribution in [0.2, 0.25) is 0 Å². The van der Waals surface area contributed by atoms with Crippen molar-refractivity contribution in [3.63, 3.8) is 0 Å². The van der Waals surface area contributed by atoms with E-state index in [9.17, 15) is 9.59 Å². The highest BCUT2D eigenvalue weighted by molar-refractivity contribution is 5.88. The number of hydrogen-bond donors (Lipinski definition) is 2. The van der Waals surface area contributed by atoms with E-state index in [-0.39, 0.29) is 18.5 Å². The number of amides is 1. The summed E-state index contributed by atoms with van der Waals surface area (Å²) in [6.45, 7) is 3.23. The Hall–Kier alpha value is -1.10. The molecule has 1 aliphatic carbocycles. The summed E-state index contributed by atoms with van der Waals surface area (Å²) in [6.07, 6.45) is 2.28. The summed E-state index contributed by atoms with van der Waals surface area (Å²) in [5, 5.41) is 8.71. The van der Waals surface area contributed by atoms with Crippen molar-refractivity contribution in [2.45, 2.75) is 44.7 Å². The molecule has 86 valence electrons. The van der Waals surface area contributed by atoms with Gasteiger partial charge >= 0.3 is 5.97 Å². The minimum absolute atomic E-state index is 0.0861. The molecule has 0 aromatic heterocycles. The Morgan fingerprint density at radius 2 is 2.07 bits per heavy atom. The topological polar surface area (TPSA) is 83.6 Å². The molecular weight excluding hydrogens is 196 g/mol. The molecule has 1 amide bonds. The summed E-state index contributed by atoms with van der Waals surface area (Å²) in [5.74, 6) is -1.24. The van der Waals surface area contributed by atoms with Gasteiger partial charge in [0, 0.05) is 6.04 Å². The van der Waals surface area contributed by atoms with E-state index in [0.717, 1.165) is 12.8 Å². The molecule has 0 bridgehead atoms. The number of hydrogen-bond acceptors (Lipinski definition) is 3. The Labute approximate surface area is 89.2 Å². The van der Waals surface area contributed by atoms with Gasteiger partial charge in [0.1, 0.15) is 6.54 Å². The highest BCUT2D eigenvalue weighted by Gasteiger charge is 2.39. The lowest BCUT2D eigenvalue weighted by Crippen LogP contribution is -2.54. The SMILES string of the molecule is CCC(C)(N)C(=O)N(CC(=O)O)C1CC1. The number of carboxylic acid groups (broad SMARTS) is 1. The van der Waals surface area contributed by atoms with Gasteiger partial charge in [0.15, 0.2) is 0 Å². The van der Waals surface area contributed by atoms with Gasteiger partial charge in [-0.25, -0.2) is 0 Å². The monoisotopic (exact) mass is 214 g/mol. The van der Waals surface area contributed by atoms with Crippen LogP contribution in [-0.2, 0) is 9.59 Å². The van der Waals surface area contributed by atoms with Gasteiger partial charge in [-0.1, -0.05) is 6.92 Å². The molecule has 5 nitrogen and oxygen atoms in total. The fourth-order valence-electron chi connectivity index (χ4n) is 1.38. The molecule has 1 saturated carbocycles. The number of rotatable bonds is 5. The van der Waals surface area contributed by atoms with Crippen LogP contribution in [0.15, 0.2) is 0 Å². The number of carbonyl (C=O) groups is 2. The summed E-state index contributed by atoms with van der Waals surface area (Å²) < 4.78 is 0. The first-order valence-electron chi connectivity index (χ1n) is 5.20. The molecule has 0 aromatic rings. The second-order valence-corrected chi connectivity index (χ2v) is 4.33. The third-order valence-corrected chi connectivity index (χ3v) is 2.78. The Balaban J connectivity index is 2.71. The van der Waals surface area contributed by atoms with Crippen molar-refractivity contribution in [2.75, 3.05) is 6.54 Å². The van der Waals surface area contributed by atoms with Crippen LogP contribution >= 0.6 is 0 Å². The fourth-order valence-corrected chi connectivity index (χ4v) is 1.38. The number of carboxylic acids is 1. The number of nitrogens with zero attached hydrogens (tertiary/aromatic N) is 1. The molecule has 0 heterocycles. The van der Waals surface area contributed by atoms with Crippen LogP contribution in [0.4, 0.5) is 0 Å². The molecule has 1 aliphatic rings. The average molecular weight is 214 g/mol. The van der Waals surface area contributed by atoms with Crippen LogP contribution in [-0.4, -0.2) is 40.0 Å². The smallest absolute Gasteiger partial charge is 0.323 e. The van der Waals surface area contributed by atoms with Crippen molar-refractivity contribution in [3.05, 3.63) is 0 Å². The Morgan fingerprint density at radius 1 is 1.53 bits per heavy atom. The Kier molecular flexibility index (Phi) is 3.34. The third-order valence-electron chi connectivity index (χ3n) is 2.78. The quantitative estimate of drug-likeness (QED) is 0.684. The summed E-state index contributed by atoms with van der Waals surface area (Å²) in [5.41, 5.74) is 4.87. The zero-order chi connectivity index (χ0) is 11.6. The molecule has 1 atom stereocenters. The highest BCUT2D eigenvalue weighted by atomic mass is 16.4. The van der Waals surface area contributed by atoms with Crippen molar-refractivity contribution in [1.82, 2.24) is 4.90 Å². The van der Waals surface area contributed by atoms with Gasteiger partial charge in [0.25, 0.3) is 0 Å². The van der Waals surface area contributed by atoms with Crippen molar-refractivity contribution >= 4 is 11.9 Å². The van der Waals surface area contributed by atoms with Gasteiger partial charge in [-0.05, 0) is 26.2 Å². The molecule has 5 heteroatoms. The Morgan fingerprint density at radius 3 is 2.40 bits per heavy atom. The predicted octanol–water partition coefficient (Wildman–Crippen LogP) is 0.189. The molecule has 1 unspecified atom stereocenters. The second kappa shape index (κ2) is 4.18. The summed E-state index contributed by atoms with van der Waals surface area (Å²) >= 11 is 0. The molecule has 3 N–H and O–H groups in total. The lowest BCUT2D eigenvalue weighted by atomic mass is 9.98. The zero-order valence-electron chi connectivity index (χ0n) is 9.19. The summed E-state index contributed by atoms with van der Waals surface area (Å²) in [4.78, 5) is 24.0. The van der Waals surface area contributed by atoms with Crippen LogP contribution in [0.1, 0.15) is 33.1 Å². The van der Waals surface area contributed by atoms with E-state index >= 15 is 0 Å². The molecule has 0 radical (unpaired) electrons. The number of aliphatic carboxylic acids is 1. The van der Waals surface area contributed by atoms with Crippen molar-refractivity contribution < 1.29 is 14.7 Å². The van der Waals surface area contributed by atoms with Crippen molar-refractivity contribution in [2.24, 2.45) is 5.73 Å². The lowest BCUT2D eigenvalue weighted by Gasteiger charge is -2.30. The maximum atomic E-state index is 12.0. The maximum Gasteiger partial charge on any atom is 0.323 e. The van der Waals surface area contributed by atoms with Crippen LogP contribution in [0.3, 0.4) is 0 Å². The van der Waals surface area contributed by atoms with Gasteiger partial charge in [-0.2, -0.15) is 0 Å². The van der Waals surface area contributed by atoms with E-state index in [4.69, 9.17) is 10.8 Å².